The van der Waals surface area contributed by atoms with E-state index in [9.17, 15) is 13.2 Å². The van der Waals surface area contributed by atoms with Gasteiger partial charge in [0.1, 0.15) is 0 Å². The van der Waals surface area contributed by atoms with E-state index in [0.29, 0.717) is 12.2 Å². The van der Waals surface area contributed by atoms with Crippen molar-refractivity contribution in [2.24, 2.45) is 0 Å². The Kier molecular flexibility index (Phi) is 6.03. The predicted molar refractivity (Wildman–Crippen MR) is 108 cm³/mol. The minimum atomic E-state index is -3.47. The van der Waals surface area contributed by atoms with Crippen LogP contribution in [0.15, 0.2) is 78.2 Å². The fraction of sp³-hybridized carbons (Fsp3) is 0.100. The van der Waals surface area contributed by atoms with Crippen molar-refractivity contribution in [2.45, 2.75) is 11.4 Å². The lowest BCUT2D eigenvalue weighted by molar-refractivity contribution is -0.111. The first-order valence-corrected chi connectivity index (χ1v) is 10.0. The molecule has 1 amide bonds. The number of hydrogen-bond acceptors (Lipinski definition) is 4. The lowest BCUT2D eigenvalue weighted by Gasteiger charge is -2.06. The molecule has 0 saturated heterocycles. The van der Waals surface area contributed by atoms with E-state index in [1.807, 2.05) is 35.0 Å². The Hall–Kier alpha value is -3.23. The summed E-state index contributed by atoms with van der Waals surface area (Å²) >= 11 is 0. The molecule has 8 heteroatoms. The average molecular weight is 396 g/mol. The SMILES string of the molecule is CNS(=O)(=O)c1ccc(/C=C/C(=O)Nc2ccc(Cn3ccnc3)cc2)cc1. The van der Waals surface area contributed by atoms with Crippen molar-refractivity contribution < 1.29 is 13.2 Å². The molecule has 2 N–H and O–H groups in total. The minimum absolute atomic E-state index is 0.174. The highest BCUT2D eigenvalue weighted by Crippen LogP contribution is 2.13. The van der Waals surface area contributed by atoms with Gasteiger partial charge in [-0.25, -0.2) is 18.1 Å². The first-order chi connectivity index (χ1) is 13.5. The number of benzene rings is 2. The summed E-state index contributed by atoms with van der Waals surface area (Å²) in [7, 11) is -2.11. The Labute approximate surface area is 163 Å². The fourth-order valence-electron chi connectivity index (χ4n) is 2.52. The van der Waals surface area contributed by atoms with E-state index in [1.54, 1.807) is 30.7 Å². The Morgan fingerprint density at radius 3 is 2.43 bits per heavy atom. The predicted octanol–water partition coefficient (Wildman–Crippen LogP) is 2.49. The molecule has 0 saturated carbocycles. The highest BCUT2D eigenvalue weighted by atomic mass is 32.2. The number of carbonyl (C=O) groups is 1. The molecule has 1 heterocycles. The number of aromatic nitrogens is 2. The van der Waals surface area contributed by atoms with Crippen molar-refractivity contribution in [3.63, 3.8) is 0 Å². The van der Waals surface area contributed by atoms with Crippen molar-refractivity contribution in [3.8, 4) is 0 Å². The smallest absolute Gasteiger partial charge is 0.248 e. The number of imidazole rings is 1. The van der Waals surface area contributed by atoms with Crippen LogP contribution in [-0.2, 0) is 21.4 Å². The quantitative estimate of drug-likeness (QED) is 0.600. The van der Waals surface area contributed by atoms with E-state index < -0.39 is 10.0 Å². The molecule has 0 aliphatic rings. The number of anilines is 1. The summed E-state index contributed by atoms with van der Waals surface area (Å²) in [6.07, 6.45) is 8.40. The molecular weight excluding hydrogens is 376 g/mol. The van der Waals surface area contributed by atoms with Crippen LogP contribution in [0.25, 0.3) is 6.08 Å². The van der Waals surface area contributed by atoms with Gasteiger partial charge in [-0.1, -0.05) is 24.3 Å². The highest BCUT2D eigenvalue weighted by Gasteiger charge is 2.09. The lowest BCUT2D eigenvalue weighted by Crippen LogP contribution is -2.18. The molecule has 3 aromatic rings. The van der Waals surface area contributed by atoms with E-state index in [0.717, 1.165) is 11.1 Å². The molecule has 1 aromatic heterocycles. The summed E-state index contributed by atoms with van der Waals surface area (Å²) in [5, 5.41) is 2.79. The van der Waals surface area contributed by atoms with Gasteiger partial charge in [0, 0.05) is 30.7 Å². The molecule has 7 nitrogen and oxygen atoms in total. The summed E-state index contributed by atoms with van der Waals surface area (Å²) in [5.41, 5.74) is 2.52. The topological polar surface area (TPSA) is 93.1 Å². The second-order valence-corrected chi connectivity index (χ2v) is 7.92. The van der Waals surface area contributed by atoms with Crippen LogP contribution in [0.5, 0.6) is 0 Å². The number of hydrogen-bond donors (Lipinski definition) is 2. The largest absolute Gasteiger partial charge is 0.333 e. The van der Waals surface area contributed by atoms with Crippen molar-refractivity contribution in [2.75, 3.05) is 12.4 Å². The molecule has 144 valence electrons. The van der Waals surface area contributed by atoms with Gasteiger partial charge in [0.15, 0.2) is 0 Å². The first-order valence-electron chi connectivity index (χ1n) is 8.54. The van der Waals surface area contributed by atoms with Crippen LogP contribution in [0.3, 0.4) is 0 Å². The van der Waals surface area contributed by atoms with Gasteiger partial charge in [0.25, 0.3) is 0 Å². The maximum absolute atomic E-state index is 12.1. The van der Waals surface area contributed by atoms with Crippen LogP contribution in [0.4, 0.5) is 5.69 Å². The summed E-state index contributed by atoms with van der Waals surface area (Å²) in [5.74, 6) is -0.269. The molecule has 0 atom stereocenters. The number of sulfonamides is 1. The lowest BCUT2D eigenvalue weighted by atomic mass is 10.2. The Bertz CT molecular complexity index is 1060. The maximum Gasteiger partial charge on any atom is 0.248 e. The molecule has 3 rings (SSSR count). The Balaban J connectivity index is 1.57. The van der Waals surface area contributed by atoms with Crippen LogP contribution in [0, 0.1) is 0 Å². The average Bonchev–Trinajstić information content (AvgIpc) is 3.21. The van der Waals surface area contributed by atoms with Crippen molar-refractivity contribution in [1.82, 2.24) is 14.3 Å². The Morgan fingerprint density at radius 1 is 1.11 bits per heavy atom. The number of rotatable bonds is 7. The van der Waals surface area contributed by atoms with E-state index >= 15 is 0 Å². The van der Waals surface area contributed by atoms with Gasteiger partial charge < -0.3 is 9.88 Å². The molecule has 0 aliphatic carbocycles. The molecule has 2 aromatic carbocycles. The number of nitrogens with one attached hydrogen (secondary N) is 2. The number of amides is 1. The molecule has 0 spiro atoms. The number of carbonyl (C=O) groups excluding carboxylic acids is 1. The zero-order valence-electron chi connectivity index (χ0n) is 15.2. The van der Waals surface area contributed by atoms with E-state index in [4.69, 9.17) is 0 Å². The summed E-state index contributed by atoms with van der Waals surface area (Å²) in [6, 6.07) is 13.8. The normalized spacial score (nSPS) is 11.6. The third-order valence-electron chi connectivity index (χ3n) is 4.03. The van der Waals surface area contributed by atoms with Gasteiger partial charge in [0.05, 0.1) is 11.2 Å². The molecule has 0 aliphatic heterocycles. The Morgan fingerprint density at radius 2 is 1.82 bits per heavy atom. The van der Waals surface area contributed by atoms with Crippen LogP contribution < -0.4 is 10.0 Å². The summed E-state index contributed by atoms with van der Waals surface area (Å²) < 4.78 is 27.6. The monoisotopic (exact) mass is 396 g/mol. The third-order valence-corrected chi connectivity index (χ3v) is 5.46. The maximum atomic E-state index is 12.1. The van der Waals surface area contributed by atoms with Gasteiger partial charge in [-0.3, -0.25) is 4.79 Å². The highest BCUT2D eigenvalue weighted by molar-refractivity contribution is 7.89. The van der Waals surface area contributed by atoms with E-state index in [2.05, 4.69) is 15.0 Å². The van der Waals surface area contributed by atoms with Crippen molar-refractivity contribution >= 4 is 27.7 Å². The van der Waals surface area contributed by atoms with Crippen molar-refractivity contribution in [1.29, 1.82) is 0 Å². The molecule has 28 heavy (non-hydrogen) atoms. The second-order valence-electron chi connectivity index (χ2n) is 6.03. The van der Waals surface area contributed by atoms with Gasteiger partial charge in [-0.15, -0.1) is 0 Å². The minimum Gasteiger partial charge on any atom is -0.333 e. The third kappa shape index (κ3) is 5.15. The van der Waals surface area contributed by atoms with E-state index in [-0.39, 0.29) is 10.8 Å². The van der Waals surface area contributed by atoms with Gasteiger partial charge in [0.2, 0.25) is 15.9 Å². The first kappa shape index (κ1) is 19.5. The zero-order chi connectivity index (χ0) is 20.0. The summed E-state index contributed by atoms with van der Waals surface area (Å²) in [6.45, 7) is 0.716. The van der Waals surface area contributed by atoms with Crippen LogP contribution in [0.2, 0.25) is 0 Å². The number of nitrogens with zero attached hydrogens (tertiary/aromatic N) is 2. The molecular formula is C20H20N4O3S. The van der Waals surface area contributed by atoms with Gasteiger partial charge in [-0.2, -0.15) is 0 Å². The van der Waals surface area contributed by atoms with Crippen LogP contribution in [-0.4, -0.2) is 30.9 Å². The standard InChI is InChI=1S/C20H20N4O3S/c1-21-28(26,27)19-9-4-16(5-10-19)6-11-20(25)23-18-7-2-17(3-8-18)14-24-13-12-22-15-24/h2-13,15,21H,14H2,1H3,(H,23,25)/b11-6+. The molecule has 0 radical (unpaired) electrons. The van der Waals surface area contributed by atoms with E-state index in [1.165, 1.54) is 25.3 Å². The van der Waals surface area contributed by atoms with Crippen LogP contribution in [0.1, 0.15) is 11.1 Å². The molecule has 0 unspecified atom stereocenters. The zero-order valence-corrected chi connectivity index (χ0v) is 16.1. The van der Waals surface area contributed by atoms with Crippen molar-refractivity contribution in [3.05, 3.63) is 84.5 Å². The summed E-state index contributed by atoms with van der Waals surface area (Å²) in [4.78, 5) is 16.3. The molecule has 0 fully saturated rings. The molecule has 0 bridgehead atoms. The van der Waals surface area contributed by atoms with Gasteiger partial charge >= 0.3 is 0 Å². The fourth-order valence-corrected chi connectivity index (χ4v) is 3.25. The second kappa shape index (κ2) is 8.64. The van der Waals surface area contributed by atoms with Crippen LogP contribution >= 0.6 is 0 Å². The van der Waals surface area contributed by atoms with Gasteiger partial charge in [-0.05, 0) is 48.5 Å².